The van der Waals surface area contributed by atoms with Crippen molar-refractivity contribution in [2.45, 2.75) is 51.2 Å². The summed E-state index contributed by atoms with van der Waals surface area (Å²) in [6, 6.07) is 13.0. The predicted molar refractivity (Wildman–Crippen MR) is 126 cm³/mol. The highest BCUT2D eigenvalue weighted by atomic mass is 31.2. The molecule has 0 saturated heterocycles. The summed E-state index contributed by atoms with van der Waals surface area (Å²) in [6.45, 7) is 3.90. The Hall–Kier alpha value is -2.18. The summed E-state index contributed by atoms with van der Waals surface area (Å²) in [5, 5.41) is 3.30. The van der Waals surface area contributed by atoms with Crippen molar-refractivity contribution in [2.75, 3.05) is 20.8 Å². The first-order chi connectivity index (χ1) is 15.2. The topological polar surface area (TPSA) is 105 Å². The Labute approximate surface area is 190 Å². The molecule has 0 radical (unpaired) electrons. The van der Waals surface area contributed by atoms with Gasteiger partial charge < -0.3 is 24.6 Å². The van der Waals surface area contributed by atoms with E-state index in [-0.39, 0.29) is 5.78 Å². The first kappa shape index (κ1) is 26.1. The Balaban J connectivity index is 2.15. The minimum atomic E-state index is -4.09. The summed E-state index contributed by atoms with van der Waals surface area (Å²) in [4.78, 5) is 32.0. The largest absolute Gasteiger partial charge is 0.496 e. The molecule has 32 heavy (non-hydrogen) atoms. The molecular weight excluding hydrogens is 429 g/mol. The molecule has 2 rings (SSSR count). The van der Waals surface area contributed by atoms with Crippen LogP contribution in [-0.4, -0.2) is 48.0 Å². The van der Waals surface area contributed by atoms with Crippen LogP contribution in [0.1, 0.15) is 47.7 Å². The van der Waals surface area contributed by atoms with Gasteiger partial charge in [-0.3, -0.25) is 9.36 Å². The number of hydrogen-bond donors (Lipinski definition) is 3. The molecule has 0 aliphatic rings. The Kier molecular flexibility index (Phi) is 9.91. The normalized spacial score (nSPS) is 13.4. The van der Waals surface area contributed by atoms with Gasteiger partial charge in [0.05, 0.1) is 25.9 Å². The molecule has 3 N–H and O–H groups in total. The fourth-order valence-corrected chi connectivity index (χ4v) is 4.07. The lowest BCUT2D eigenvalue weighted by molar-refractivity contribution is 0.0937. The predicted octanol–water partition coefficient (Wildman–Crippen LogP) is 4.13. The quantitative estimate of drug-likeness (QED) is 0.233. The number of hydrogen-bond acceptors (Lipinski definition) is 5. The van der Waals surface area contributed by atoms with Crippen molar-refractivity contribution >= 4 is 13.4 Å². The molecule has 0 amide bonds. The third-order valence-electron chi connectivity index (χ3n) is 5.68. The number of aryl methyl sites for hydroxylation is 1. The van der Waals surface area contributed by atoms with Crippen molar-refractivity contribution in [2.24, 2.45) is 0 Å². The van der Waals surface area contributed by atoms with Crippen LogP contribution >= 0.6 is 7.60 Å². The highest BCUT2D eigenvalue weighted by molar-refractivity contribution is 7.52. The zero-order valence-corrected chi connectivity index (χ0v) is 20.1. The second kappa shape index (κ2) is 12.2. The number of rotatable bonds is 13. The molecule has 0 aromatic heterocycles. The van der Waals surface area contributed by atoms with Crippen LogP contribution in [0.15, 0.2) is 42.5 Å². The molecule has 2 atom stereocenters. The third-order valence-corrected chi connectivity index (χ3v) is 7.09. The number of Topliss-reactive ketones (excluding diaryl/α,β-unsaturated/α-hetero) is 1. The highest BCUT2D eigenvalue weighted by Crippen LogP contribution is 2.42. The lowest BCUT2D eigenvalue weighted by Gasteiger charge is -2.20. The van der Waals surface area contributed by atoms with Crippen LogP contribution in [0.4, 0.5) is 0 Å². The van der Waals surface area contributed by atoms with Gasteiger partial charge >= 0.3 is 7.60 Å². The molecule has 0 spiro atoms. The molecule has 0 bridgehead atoms. The molecule has 0 aliphatic carbocycles. The number of ether oxygens (including phenoxy) is 2. The second-order valence-corrected chi connectivity index (χ2v) is 10.0. The van der Waals surface area contributed by atoms with Gasteiger partial charge in [0.1, 0.15) is 11.5 Å². The first-order valence-corrected chi connectivity index (χ1v) is 12.4. The number of benzene rings is 2. The molecule has 2 unspecified atom stereocenters. The van der Waals surface area contributed by atoms with Crippen LogP contribution in [0.3, 0.4) is 0 Å². The zero-order chi connectivity index (χ0) is 23.7. The van der Waals surface area contributed by atoms with Crippen LogP contribution in [0, 0.1) is 6.92 Å². The van der Waals surface area contributed by atoms with Gasteiger partial charge in [0.2, 0.25) is 0 Å². The van der Waals surface area contributed by atoms with Gasteiger partial charge in [-0.1, -0.05) is 37.3 Å². The van der Waals surface area contributed by atoms with E-state index in [0.29, 0.717) is 42.9 Å². The lowest BCUT2D eigenvalue weighted by Crippen LogP contribution is -2.38. The molecule has 0 saturated carbocycles. The van der Waals surface area contributed by atoms with Crippen molar-refractivity contribution in [1.82, 2.24) is 5.32 Å². The summed E-state index contributed by atoms with van der Waals surface area (Å²) in [7, 11) is -0.968. The van der Waals surface area contributed by atoms with Crippen LogP contribution in [0.2, 0.25) is 0 Å². The maximum Gasteiger partial charge on any atom is 0.328 e. The molecule has 0 fully saturated rings. The molecule has 2 aromatic carbocycles. The first-order valence-electron chi connectivity index (χ1n) is 10.8. The van der Waals surface area contributed by atoms with Crippen molar-refractivity contribution in [3.8, 4) is 11.5 Å². The molecule has 0 heterocycles. The fourth-order valence-electron chi connectivity index (χ4n) is 3.55. The molecule has 7 nitrogen and oxygen atoms in total. The maximum atomic E-state index is 13.4. The average molecular weight is 464 g/mol. The SMILES string of the molecule is COc1cc(C(=O)C(CCc2ccccc2)NCCCC(C)P(=O)(O)O)cc(OC)c1C. The Bertz CT molecular complexity index is 902. The molecule has 176 valence electrons. The van der Waals surface area contributed by atoms with E-state index >= 15 is 0 Å². The standard InChI is InChI=1S/C24H34NO6P/c1-17(32(27,28)29)9-8-14-25-21(13-12-19-10-6-5-7-11-19)24(26)20-15-22(30-3)18(2)23(16-20)31-4/h5-7,10-11,15-17,21,25H,8-9,12-14H2,1-4H3,(H2,27,28,29). The Morgan fingerprint density at radius 3 is 2.19 bits per heavy atom. The van der Waals surface area contributed by atoms with Gasteiger partial charge in [-0.05, 0) is 56.8 Å². The highest BCUT2D eigenvalue weighted by Gasteiger charge is 2.25. The van der Waals surface area contributed by atoms with Crippen molar-refractivity contribution < 1.29 is 28.6 Å². The van der Waals surface area contributed by atoms with E-state index in [9.17, 15) is 19.1 Å². The van der Waals surface area contributed by atoms with Crippen molar-refractivity contribution in [1.29, 1.82) is 0 Å². The van der Waals surface area contributed by atoms with Gasteiger partial charge in [0.15, 0.2) is 5.78 Å². The smallest absolute Gasteiger partial charge is 0.328 e. The Morgan fingerprint density at radius 1 is 1.06 bits per heavy atom. The number of ketones is 1. The van der Waals surface area contributed by atoms with E-state index in [1.54, 1.807) is 33.3 Å². The Morgan fingerprint density at radius 2 is 1.66 bits per heavy atom. The zero-order valence-electron chi connectivity index (χ0n) is 19.2. The van der Waals surface area contributed by atoms with E-state index in [2.05, 4.69) is 5.32 Å². The molecule has 8 heteroatoms. The second-order valence-electron chi connectivity index (χ2n) is 7.98. The minimum Gasteiger partial charge on any atom is -0.496 e. The van der Waals surface area contributed by atoms with E-state index in [1.165, 1.54) is 0 Å². The maximum absolute atomic E-state index is 13.4. The number of methoxy groups -OCH3 is 2. The van der Waals surface area contributed by atoms with E-state index in [1.807, 2.05) is 37.3 Å². The van der Waals surface area contributed by atoms with Gasteiger partial charge in [0.25, 0.3) is 0 Å². The lowest BCUT2D eigenvalue weighted by atomic mass is 9.96. The number of carbonyl (C=O) groups is 1. The van der Waals surface area contributed by atoms with Gasteiger partial charge in [-0.25, -0.2) is 0 Å². The van der Waals surface area contributed by atoms with Gasteiger partial charge in [0, 0.05) is 11.1 Å². The van der Waals surface area contributed by atoms with Crippen LogP contribution in [0.5, 0.6) is 11.5 Å². The molecule has 2 aromatic rings. The monoisotopic (exact) mass is 463 g/mol. The molecule has 0 aliphatic heterocycles. The third kappa shape index (κ3) is 7.45. The van der Waals surface area contributed by atoms with E-state index in [4.69, 9.17) is 9.47 Å². The summed E-state index contributed by atoms with van der Waals surface area (Å²) < 4.78 is 22.2. The van der Waals surface area contributed by atoms with Gasteiger partial charge in [-0.2, -0.15) is 0 Å². The summed E-state index contributed by atoms with van der Waals surface area (Å²) in [5.41, 5.74) is 1.76. The van der Waals surface area contributed by atoms with E-state index in [0.717, 1.165) is 17.5 Å². The minimum absolute atomic E-state index is 0.0689. The summed E-state index contributed by atoms with van der Waals surface area (Å²) >= 11 is 0. The summed E-state index contributed by atoms with van der Waals surface area (Å²) in [6.07, 6.45) is 2.25. The van der Waals surface area contributed by atoms with E-state index < -0.39 is 19.3 Å². The van der Waals surface area contributed by atoms with Crippen molar-refractivity contribution in [3.63, 3.8) is 0 Å². The summed E-state index contributed by atoms with van der Waals surface area (Å²) in [5.74, 6) is 1.11. The average Bonchev–Trinajstić information content (AvgIpc) is 2.78. The number of nitrogens with one attached hydrogen (secondary N) is 1. The molecular formula is C24H34NO6P. The number of carbonyl (C=O) groups excluding carboxylic acids is 1. The van der Waals surface area contributed by atoms with Crippen molar-refractivity contribution in [3.05, 3.63) is 59.2 Å². The van der Waals surface area contributed by atoms with Gasteiger partial charge in [-0.15, -0.1) is 0 Å². The van der Waals surface area contributed by atoms with Crippen LogP contribution in [-0.2, 0) is 11.0 Å². The van der Waals surface area contributed by atoms with Crippen LogP contribution < -0.4 is 14.8 Å². The van der Waals surface area contributed by atoms with Crippen LogP contribution in [0.25, 0.3) is 0 Å². The fraction of sp³-hybridized carbons (Fsp3) is 0.458.